The topological polar surface area (TPSA) is 65.4 Å². The zero-order chi connectivity index (χ0) is 23.6. The van der Waals surface area contributed by atoms with Crippen molar-refractivity contribution >= 4 is 17.5 Å². The molecule has 1 aromatic carbocycles. The normalized spacial score (nSPS) is 30.2. The molecule has 0 unspecified atom stereocenters. The van der Waals surface area contributed by atoms with E-state index < -0.39 is 30.2 Å². The van der Waals surface area contributed by atoms with E-state index in [0.29, 0.717) is 19.3 Å². The molecule has 1 aromatic heterocycles. The molecule has 2 bridgehead atoms. The Hall–Kier alpha value is -2.24. The number of nitrogens with one attached hydrogen (secondary N) is 1. The van der Waals surface area contributed by atoms with Gasteiger partial charge in [0.2, 0.25) is 5.91 Å². The Morgan fingerprint density at radius 1 is 1.18 bits per heavy atom. The predicted molar refractivity (Wildman–Crippen MR) is 105 cm³/mol. The van der Waals surface area contributed by atoms with E-state index >= 15 is 0 Å². The highest BCUT2D eigenvalue weighted by atomic mass is 35.5. The highest BCUT2D eigenvalue weighted by molar-refractivity contribution is 6.30. The first kappa shape index (κ1) is 22.5. The van der Waals surface area contributed by atoms with Gasteiger partial charge < -0.3 is 14.6 Å². The van der Waals surface area contributed by atoms with Crippen molar-refractivity contribution in [2.75, 3.05) is 6.61 Å². The molecule has 0 spiro atoms. The monoisotopic (exact) mass is 491 g/mol. The zero-order valence-corrected chi connectivity index (χ0v) is 17.8. The summed E-state index contributed by atoms with van der Waals surface area (Å²) in [4.78, 5) is 16.4. The first-order valence-electron chi connectivity index (χ1n) is 10.3. The van der Waals surface area contributed by atoms with Gasteiger partial charge in [-0.05, 0) is 31.4 Å². The third-order valence-corrected chi connectivity index (χ3v) is 6.91. The number of aromatic nitrogens is 2. The van der Waals surface area contributed by atoms with E-state index in [1.54, 1.807) is 12.5 Å². The summed E-state index contributed by atoms with van der Waals surface area (Å²) in [5.41, 5.74) is -0.296. The summed E-state index contributed by atoms with van der Waals surface area (Å²) in [7, 11) is 0. The summed E-state index contributed by atoms with van der Waals surface area (Å²) >= 11 is 5.60. The maximum absolute atomic E-state index is 14.2. The van der Waals surface area contributed by atoms with Crippen LogP contribution in [0.2, 0.25) is 5.02 Å². The molecule has 1 amide bonds. The summed E-state index contributed by atoms with van der Waals surface area (Å²) in [5, 5.41) is 2.63. The van der Waals surface area contributed by atoms with Crippen molar-refractivity contribution in [2.24, 2.45) is 0 Å². The Morgan fingerprint density at radius 2 is 1.88 bits per heavy atom. The number of alkyl halides is 3. The number of hydrogen-bond donors (Lipinski definition) is 1. The third kappa shape index (κ3) is 4.22. The molecule has 0 radical (unpaired) electrons. The van der Waals surface area contributed by atoms with Gasteiger partial charge in [0.25, 0.3) is 0 Å². The van der Waals surface area contributed by atoms with Gasteiger partial charge in [-0.1, -0.05) is 11.6 Å². The summed E-state index contributed by atoms with van der Waals surface area (Å²) in [6, 6.07) is 1.92. The molecule has 2 aromatic rings. The number of imidazole rings is 1. The van der Waals surface area contributed by atoms with Gasteiger partial charge in [0.05, 0.1) is 34.8 Å². The summed E-state index contributed by atoms with van der Waals surface area (Å²) in [6.07, 6.45) is -0.635. The Bertz CT molecular complexity index is 1080. The molecule has 1 heterocycles. The van der Waals surface area contributed by atoms with Crippen molar-refractivity contribution in [3.8, 4) is 11.3 Å². The fourth-order valence-corrected chi connectivity index (χ4v) is 5.20. The van der Waals surface area contributed by atoms with Gasteiger partial charge in [-0.25, -0.2) is 13.8 Å². The van der Waals surface area contributed by atoms with E-state index in [-0.39, 0.29) is 52.7 Å². The van der Waals surface area contributed by atoms with Crippen molar-refractivity contribution in [3.63, 3.8) is 0 Å². The van der Waals surface area contributed by atoms with E-state index in [0.717, 1.165) is 12.1 Å². The van der Waals surface area contributed by atoms with E-state index in [9.17, 15) is 26.7 Å². The highest BCUT2D eigenvalue weighted by Crippen LogP contribution is 2.65. The third-order valence-electron chi connectivity index (χ3n) is 6.63. The van der Waals surface area contributed by atoms with Crippen molar-refractivity contribution in [1.29, 1.82) is 0 Å². The predicted octanol–water partition coefficient (Wildman–Crippen LogP) is 4.31. The second-order valence-electron chi connectivity index (χ2n) is 9.09. The van der Waals surface area contributed by atoms with Gasteiger partial charge in [0.1, 0.15) is 18.2 Å². The maximum Gasteiger partial charge on any atom is 0.522 e. The molecule has 1 N–H and O–H groups in total. The van der Waals surface area contributed by atoms with E-state index in [4.69, 9.17) is 16.3 Å². The quantitative estimate of drug-likeness (QED) is 0.463. The number of carbonyl (C=O) groups is 1. The average Bonchev–Trinajstić information content (AvgIpc) is 3.10. The molecule has 12 heteroatoms. The van der Waals surface area contributed by atoms with Crippen molar-refractivity contribution in [3.05, 3.63) is 41.3 Å². The molecule has 33 heavy (non-hydrogen) atoms. The van der Waals surface area contributed by atoms with Crippen LogP contribution in [0.25, 0.3) is 11.3 Å². The minimum atomic E-state index is -4.66. The van der Waals surface area contributed by atoms with Crippen LogP contribution in [0, 0.1) is 11.6 Å². The SMILES string of the molecule is O=C(CO[C@H]1C[C@@H](OC(F)(F)F)C1)NC12CC(n3cnc(-c4cc(F)c(Cl)cc4F)c3)(C1)C2. The van der Waals surface area contributed by atoms with Crippen LogP contribution < -0.4 is 5.32 Å². The molecular formula is C21H19ClF5N3O3. The van der Waals surface area contributed by atoms with Crippen LogP contribution >= 0.6 is 11.6 Å². The lowest BCUT2D eigenvalue weighted by molar-refractivity contribution is -0.357. The lowest BCUT2D eigenvalue weighted by atomic mass is 9.44. The van der Waals surface area contributed by atoms with Crippen LogP contribution in [0.4, 0.5) is 22.0 Å². The van der Waals surface area contributed by atoms with Gasteiger partial charge in [-0.2, -0.15) is 0 Å². The zero-order valence-electron chi connectivity index (χ0n) is 17.1. The van der Waals surface area contributed by atoms with Crippen molar-refractivity contribution in [2.45, 2.75) is 61.8 Å². The summed E-state index contributed by atoms with van der Waals surface area (Å²) in [5.74, 6) is -1.73. The minimum absolute atomic E-state index is 0.0151. The van der Waals surface area contributed by atoms with Gasteiger partial charge in [0.15, 0.2) is 0 Å². The molecule has 4 aliphatic rings. The molecule has 178 valence electrons. The number of ether oxygens (including phenoxy) is 2. The average molecular weight is 492 g/mol. The lowest BCUT2D eigenvalue weighted by Gasteiger charge is -2.70. The summed E-state index contributed by atoms with van der Waals surface area (Å²) in [6.45, 7) is -0.227. The minimum Gasteiger partial charge on any atom is -0.368 e. The van der Waals surface area contributed by atoms with E-state index in [2.05, 4.69) is 15.0 Å². The fourth-order valence-electron chi connectivity index (χ4n) is 5.04. The van der Waals surface area contributed by atoms with Crippen LogP contribution in [0.3, 0.4) is 0 Å². The molecule has 6 nitrogen and oxygen atoms in total. The highest BCUT2D eigenvalue weighted by Gasteiger charge is 2.69. The standard InChI is InChI=1S/C21H19ClF5N3O3/c22-14-4-15(23)13(3-16(14)24)17-5-30(10-28-17)20-7-19(8-20,9-20)29-18(31)6-32-11-1-12(2-11)33-21(25,26)27/h3-5,10-12H,1-2,6-9H2,(H,29,31)/t11-,12+,19?,20?. The van der Waals surface area contributed by atoms with Crippen LogP contribution in [0.15, 0.2) is 24.7 Å². The maximum atomic E-state index is 14.2. The van der Waals surface area contributed by atoms with Crippen molar-refractivity contribution in [1.82, 2.24) is 14.9 Å². The summed E-state index contributed by atoms with van der Waals surface area (Å²) < 4.78 is 75.4. The lowest BCUT2D eigenvalue weighted by Crippen LogP contribution is -2.78. The smallest absolute Gasteiger partial charge is 0.368 e. The number of hydrogen-bond acceptors (Lipinski definition) is 4. The molecule has 4 fully saturated rings. The van der Waals surface area contributed by atoms with E-state index in [1.807, 2.05) is 4.57 Å². The molecule has 0 aliphatic heterocycles. The molecule has 0 saturated heterocycles. The number of nitrogens with zero attached hydrogens (tertiary/aromatic N) is 2. The first-order chi connectivity index (χ1) is 15.5. The molecular weight excluding hydrogens is 473 g/mol. The Labute approximate surface area is 190 Å². The van der Waals surface area contributed by atoms with Crippen LogP contribution in [0.5, 0.6) is 0 Å². The molecule has 6 rings (SSSR count). The first-order valence-corrected chi connectivity index (χ1v) is 10.7. The molecule has 4 aliphatic carbocycles. The second kappa shape index (κ2) is 7.64. The van der Waals surface area contributed by atoms with Gasteiger partial charge in [0, 0.05) is 30.1 Å². The number of rotatable bonds is 7. The van der Waals surface area contributed by atoms with E-state index in [1.165, 1.54) is 0 Å². The number of amides is 1. The molecule has 0 atom stereocenters. The Morgan fingerprint density at radius 3 is 2.55 bits per heavy atom. The number of carbonyl (C=O) groups excluding carboxylic acids is 1. The Kier molecular flexibility index (Phi) is 5.22. The number of halogens is 6. The second-order valence-corrected chi connectivity index (χ2v) is 9.49. The molecule has 4 saturated carbocycles. The van der Waals surface area contributed by atoms with Crippen molar-refractivity contribution < 1.29 is 36.2 Å². The largest absolute Gasteiger partial charge is 0.522 e. The number of benzene rings is 1. The Balaban J connectivity index is 1.10. The van der Waals surface area contributed by atoms with Crippen LogP contribution in [0.1, 0.15) is 32.1 Å². The van der Waals surface area contributed by atoms with Crippen LogP contribution in [-0.4, -0.2) is 46.2 Å². The van der Waals surface area contributed by atoms with Crippen LogP contribution in [-0.2, 0) is 19.8 Å². The van der Waals surface area contributed by atoms with Gasteiger partial charge >= 0.3 is 6.36 Å². The van der Waals surface area contributed by atoms with Gasteiger partial charge in [-0.15, -0.1) is 13.2 Å². The fraction of sp³-hybridized carbons (Fsp3) is 0.524. The van der Waals surface area contributed by atoms with Gasteiger partial charge in [-0.3, -0.25) is 9.53 Å².